The van der Waals surface area contributed by atoms with E-state index in [2.05, 4.69) is 65.6 Å². The van der Waals surface area contributed by atoms with Crippen molar-refractivity contribution in [2.45, 2.75) is 46.5 Å². The average Bonchev–Trinajstić information content (AvgIpc) is 2.92. The molecule has 0 N–H and O–H groups in total. The van der Waals surface area contributed by atoms with Crippen LogP contribution in [0.1, 0.15) is 50.8 Å². The van der Waals surface area contributed by atoms with E-state index in [1.165, 1.54) is 27.7 Å². The molecule has 3 nitrogen and oxygen atoms in total. The molecule has 0 fully saturated rings. The van der Waals surface area contributed by atoms with E-state index in [1.54, 1.807) is 0 Å². The minimum atomic E-state index is 0.746. The van der Waals surface area contributed by atoms with Crippen LogP contribution in [0.5, 0.6) is 0 Å². The molecule has 2 heterocycles. The Morgan fingerprint density at radius 3 is 2.50 bits per heavy atom. The summed E-state index contributed by atoms with van der Waals surface area (Å²) in [6, 6.07) is 10.4. The first kappa shape index (κ1) is 16.4. The smallest absolute Gasteiger partial charge is 0.234 e. The number of nitrogens with zero attached hydrogens (tertiary/aromatic N) is 3. The molecule has 0 aliphatic rings. The van der Waals surface area contributed by atoms with E-state index in [0.29, 0.717) is 0 Å². The lowest BCUT2D eigenvalue weighted by Gasteiger charge is -2.13. The second-order valence-corrected chi connectivity index (χ2v) is 6.14. The second-order valence-electron chi connectivity index (χ2n) is 6.14. The van der Waals surface area contributed by atoms with Crippen LogP contribution in [0.25, 0.3) is 22.4 Å². The maximum absolute atomic E-state index is 4.52. The third-order valence-corrected chi connectivity index (χ3v) is 4.38. The van der Waals surface area contributed by atoms with Gasteiger partial charge in [-0.25, -0.2) is 9.97 Å². The van der Waals surface area contributed by atoms with Crippen LogP contribution in [-0.2, 0) is 0 Å². The normalized spacial score (nSPS) is 12.0. The summed E-state index contributed by atoms with van der Waals surface area (Å²) in [5.74, 6) is 0.746. The number of rotatable bonds is 6. The maximum Gasteiger partial charge on any atom is 0.234 e. The standard InChI is InChI=1S/C21H25N3/c1-4-6-11-17(10-5-2)20-16(3)18-12-7-8-13-19(18)24(20)21-22-14-9-15-23-21/h7-9,11-15H,4-6,10H2,1-3H3/b17-11+. The number of benzene rings is 1. The van der Waals surface area contributed by atoms with E-state index in [0.717, 1.165) is 31.6 Å². The number of fused-ring (bicyclic) bond motifs is 1. The van der Waals surface area contributed by atoms with Crippen LogP contribution in [0.2, 0.25) is 0 Å². The van der Waals surface area contributed by atoms with Gasteiger partial charge in [0.25, 0.3) is 0 Å². The minimum absolute atomic E-state index is 0.746. The van der Waals surface area contributed by atoms with E-state index < -0.39 is 0 Å². The van der Waals surface area contributed by atoms with Crippen LogP contribution in [0.4, 0.5) is 0 Å². The van der Waals surface area contributed by atoms with Gasteiger partial charge in [-0.15, -0.1) is 0 Å². The molecular weight excluding hydrogens is 294 g/mol. The fourth-order valence-electron chi connectivity index (χ4n) is 3.31. The number of para-hydroxylation sites is 1. The highest BCUT2D eigenvalue weighted by atomic mass is 15.2. The zero-order chi connectivity index (χ0) is 16.9. The molecule has 0 saturated heterocycles. The topological polar surface area (TPSA) is 30.7 Å². The Bertz CT molecular complexity index is 844. The van der Waals surface area contributed by atoms with Gasteiger partial charge < -0.3 is 0 Å². The number of unbranched alkanes of at least 4 members (excludes halogenated alkanes) is 1. The quantitative estimate of drug-likeness (QED) is 0.582. The van der Waals surface area contributed by atoms with Gasteiger partial charge >= 0.3 is 0 Å². The molecule has 0 unspecified atom stereocenters. The van der Waals surface area contributed by atoms with Crippen LogP contribution >= 0.6 is 0 Å². The first-order valence-electron chi connectivity index (χ1n) is 8.84. The SMILES string of the molecule is CCC/C=C(\CCC)c1c(C)c2ccccc2n1-c1ncccn1. The summed E-state index contributed by atoms with van der Waals surface area (Å²) in [7, 11) is 0. The number of allylic oxidation sites excluding steroid dienone is 2. The fraction of sp³-hybridized carbons (Fsp3) is 0.333. The van der Waals surface area contributed by atoms with Crippen molar-refractivity contribution in [3.8, 4) is 5.95 Å². The van der Waals surface area contributed by atoms with Gasteiger partial charge in [0.2, 0.25) is 5.95 Å². The Morgan fingerprint density at radius 2 is 1.79 bits per heavy atom. The predicted molar refractivity (Wildman–Crippen MR) is 101 cm³/mol. The highest BCUT2D eigenvalue weighted by Crippen LogP contribution is 2.34. The molecular formula is C21H25N3. The van der Waals surface area contributed by atoms with Gasteiger partial charge in [-0.3, -0.25) is 4.57 Å². The molecule has 124 valence electrons. The number of hydrogen-bond donors (Lipinski definition) is 0. The molecule has 2 aromatic heterocycles. The van der Waals surface area contributed by atoms with Crippen molar-refractivity contribution >= 4 is 16.5 Å². The molecule has 0 aliphatic heterocycles. The van der Waals surface area contributed by atoms with E-state index >= 15 is 0 Å². The summed E-state index contributed by atoms with van der Waals surface area (Å²) < 4.78 is 2.22. The van der Waals surface area contributed by atoms with Gasteiger partial charge in [0.15, 0.2) is 0 Å². The minimum Gasteiger partial charge on any atom is -0.278 e. The van der Waals surface area contributed by atoms with Crippen molar-refractivity contribution in [2.24, 2.45) is 0 Å². The molecule has 3 heteroatoms. The van der Waals surface area contributed by atoms with Crippen molar-refractivity contribution in [1.29, 1.82) is 0 Å². The molecule has 0 amide bonds. The summed E-state index contributed by atoms with van der Waals surface area (Å²) >= 11 is 0. The van der Waals surface area contributed by atoms with Crippen LogP contribution in [0, 0.1) is 6.92 Å². The third-order valence-electron chi connectivity index (χ3n) is 4.38. The van der Waals surface area contributed by atoms with Gasteiger partial charge in [0, 0.05) is 17.8 Å². The Kier molecular flexibility index (Phi) is 5.09. The van der Waals surface area contributed by atoms with Gasteiger partial charge in [-0.1, -0.05) is 51.0 Å². The van der Waals surface area contributed by atoms with Crippen LogP contribution in [0.15, 0.2) is 48.8 Å². The van der Waals surface area contributed by atoms with E-state index in [4.69, 9.17) is 0 Å². The molecule has 3 aromatic rings. The summed E-state index contributed by atoms with van der Waals surface area (Å²) in [4.78, 5) is 9.04. The van der Waals surface area contributed by atoms with E-state index in [-0.39, 0.29) is 0 Å². The molecule has 1 aromatic carbocycles. The maximum atomic E-state index is 4.52. The van der Waals surface area contributed by atoms with Crippen molar-refractivity contribution in [2.75, 3.05) is 0 Å². The summed E-state index contributed by atoms with van der Waals surface area (Å²) in [6.45, 7) is 6.68. The lowest BCUT2D eigenvalue weighted by atomic mass is 10.0. The lowest BCUT2D eigenvalue weighted by molar-refractivity contribution is 0.898. The van der Waals surface area contributed by atoms with Gasteiger partial charge in [0.1, 0.15) is 0 Å². The van der Waals surface area contributed by atoms with Crippen molar-refractivity contribution in [3.05, 3.63) is 60.1 Å². The molecule has 24 heavy (non-hydrogen) atoms. The van der Waals surface area contributed by atoms with Crippen molar-refractivity contribution in [3.63, 3.8) is 0 Å². The molecule has 0 radical (unpaired) electrons. The molecule has 3 rings (SSSR count). The Balaban J connectivity index is 2.31. The average molecular weight is 319 g/mol. The summed E-state index contributed by atoms with van der Waals surface area (Å²) in [6.07, 6.45) is 10.5. The summed E-state index contributed by atoms with van der Waals surface area (Å²) in [5.41, 5.74) is 5.15. The lowest BCUT2D eigenvalue weighted by Crippen LogP contribution is -2.05. The van der Waals surface area contributed by atoms with E-state index in [9.17, 15) is 0 Å². The Hall–Kier alpha value is -2.42. The van der Waals surface area contributed by atoms with Gasteiger partial charge in [0.05, 0.1) is 11.2 Å². The number of aryl methyl sites for hydroxylation is 1. The Morgan fingerprint density at radius 1 is 1.04 bits per heavy atom. The molecule has 0 spiro atoms. The van der Waals surface area contributed by atoms with Crippen LogP contribution in [-0.4, -0.2) is 14.5 Å². The van der Waals surface area contributed by atoms with Crippen LogP contribution in [0.3, 0.4) is 0 Å². The molecule has 0 bridgehead atoms. The van der Waals surface area contributed by atoms with Crippen molar-refractivity contribution < 1.29 is 0 Å². The second kappa shape index (κ2) is 7.43. The highest BCUT2D eigenvalue weighted by molar-refractivity contribution is 5.91. The molecule has 0 atom stereocenters. The monoisotopic (exact) mass is 319 g/mol. The zero-order valence-electron chi connectivity index (χ0n) is 14.8. The largest absolute Gasteiger partial charge is 0.278 e. The Labute approximate surface area is 144 Å². The van der Waals surface area contributed by atoms with Crippen molar-refractivity contribution in [1.82, 2.24) is 14.5 Å². The van der Waals surface area contributed by atoms with Gasteiger partial charge in [-0.05, 0) is 43.0 Å². The van der Waals surface area contributed by atoms with Gasteiger partial charge in [-0.2, -0.15) is 0 Å². The number of aromatic nitrogens is 3. The van der Waals surface area contributed by atoms with E-state index in [1.807, 2.05) is 18.5 Å². The number of hydrogen-bond acceptors (Lipinski definition) is 2. The van der Waals surface area contributed by atoms with Crippen LogP contribution < -0.4 is 0 Å². The molecule has 0 saturated carbocycles. The summed E-state index contributed by atoms with van der Waals surface area (Å²) in [5, 5.41) is 1.28. The first-order valence-corrected chi connectivity index (χ1v) is 8.84. The predicted octanol–water partition coefficient (Wildman–Crippen LogP) is 5.71. The third kappa shape index (κ3) is 2.99. The first-order chi connectivity index (χ1) is 11.8. The fourth-order valence-corrected chi connectivity index (χ4v) is 3.31. The highest BCUT2D eigenvalue weighted by Gasteiger charge is 2.19. The zero-order valence-corrected chi connectivity index (χ0v) is 14.8. The molecule has 0 aliphatic carbocycles.